The quantitative estimate of drug-likeness (QED) is 0.676. The molecule has 0 aliphatic heterocycles. The summed E-state index contributed by atoms with van der Waals surface area (Å²) in [7, 11) is -3.82. The number of hydrogen-bond acceptors (Lipinski definition) is 7. The van der Waals surface area contributed by atoms with Gasteiger partial charge >= 0.3 is 5.97 Å². The number of sulfonamides is 1. The van der Waals surface area contributed by atoms with Gasteiger partial charge in [0.1, 0.15) is 5.56 Å². The number of carbonyl (C=O) groups is 2. The summed E-state index contributed by atoms with van der Waals surface area (Å²) in [6.45, 7) is 3.48. The van der Waals surface area contributed by atoms with Crippen LogP contribution in [0.15, 0.2) is 47.5 Å². The average Bonchev–Trinajstić information content (AvgIpc) is 2.62. The molecule has 3 N–H and O–H groups in total. The number of aromatic nitrogens is 1. The van der Waals surface area contributed by atoms with Crippen molar-refractivity contribution in [2.24, 2.45) is 5.14 Å². The lowest BCUT2D eigenvalue weighted by Gasteiger charge is -2.14. The van der Waals surface area contributed by atoms with E-state index in [1.54, 1.807) is 13.0 Å². The summed E-state index contributed by atoms with van der Waals surface area (Å²) in [6.07, 6.45) is 0.369. The van der Waals surface area contributed by atoms with Crippen molar-refractivity contribution in [3.8, 4) is 5.88 Å². The van der Waals surface area contributed by atoms with Gasteiger partial charge in [0.2, 0.25) is 15.9 Å². The third-order valence-corrected chi connectivity index (χ3v) is 4.30. The molecule has 0 bridgehead atoms. The second-order valence-electron chi connectivity index (χ2n) is 5.40. The number of esters is 1. The molecule has 0 aliphatic rings. The minimum Gasteiger partial charge on any atom is -0.477 e. The molecule has 2 aromatic rings. The first-order valence-electron chi connectivity index (χ1n) is 7.95. The van der Waals surface area contributed by atoms with E-state index in [1.165, 1.54) is 43.5 Å². The lowest BCUT2D eigenvalue weighted by atomic mass is 10.2. The first kappa shape index (κ1) is 20.3. The van der Waals surface area contributed by atoms with E-state index >= 15 is 0 Å². The summed E-state index contributed by atoms with van der Waals surface area (Å²) in [5.41, 5.74) is 0.434. The van der Waals surface area contributed by atoms with Gasteiger partial charge in [0.25, 0.3) is 5.91 Å². The molecular weight excluding hydrogens is 374 g/mol. The molecule has 1 atom stereocenters. The predicted molar refractivity (Wildman–Crippen MR) is 96.7 cm³/mol. The third-order valence-electron chi connectivity index (χ3n) is 3.38. The fraction of sp³-hybridized carbons (Fsp3) is 0.235. The van der Waals surface area contributed by atoms with Crippen molar-refractivity contribution in [1.82, 2.24) is 4.98 Å². The van der Waals surface area contributed by atoms with E-state index in [9.17, 15) is 18.0 Å². The Labute approximate surface area is 156 Å². The standard InChI is InChI=1S/C17H19N3O6S/c1-3-25-16-14(5-4-10-19-16)17(22)26-11(2)15(21)20-12-6-8-13(9-7-12)27(18,23)24/h4-11H,3H2,1-2H3,(H,20,21)(H2,18,23,24). The number of nitrogens with one attached hydrogen (secondary N) is 1. The largest absolute Gasteiger partial charge is 0.477 e. The molecule has 144 valence electrons. The molecule has 1 aromatic heterocycles. The topological polar surface area (TPSA) is 138 Å². The molecule has 9 nitrogen and oxygen atoms in total. The number of pyridine rings is 1. The predicted octanol–water partition coefficient (Wildman–Crippen LogP) is 1.31. The Balaban J connectivity index is 2.02. The number of ether oxygens (including phenoxy) is 2. The Morgan fingerprint density at radius 3 is 2.48 bits per heavy atom. The molecule has 1 heterocycles. The number of carbonyl (C=O) groups excluding carboxylic acids is 2. The van der Waals surface area contributed by atoms with Crippen molar-refractivity contribution in [3.05, 3.63) is 48.2 Å². The van der Waals surface area contributed by atoms with E-state index in [0.29, 0.717) is 12.3 Å². The van der Waals surface area contributed by atoms with Gasteiger partial charge in [-0.1, -0.05) is 0 Å². The Morgan fingerprint density at radius 2 is 1.89 bits per heavy atom. The number of rotatable bonds is 7. The maximum Gasteiger partial charge on any atom is 0.344 e. The lowest BCUT2D eigenvalue weighted by molar-refractivity contribution is -0.123. The van der Waals surface area contributed by atoms with Crippen LogP contribution in [0.3, 0.4) is 0 Å². The maximum absolute atomic E-state index is 12.3. The van der Waals surface area contributed by atoms with Crippen LogP contribution in [0.25, 0.3) is 0 Å². The Hall–Kier alpha value is -2.98. The molecular formula is C17H19N3O6S. The van der Waals surface area contributed by atoms with Crippen LogP contribution in [-0.2, 0) is 19.6 Å². The normalized spacial score (nSPS) is 12.1. The van der Waals surface area contributed by atoms with E-state index in [0.717, 1.165) is 0 Å². The highest BCUT2D eigenvalue weighted by Gasteiger charge is 2.22. The van der Waals surface area contributed by atoms with Gasteiger partial charge in [-0.15, -0.1) is 0 Å². The molecule has 0 spiro atoms. The van der Waals surface area contributed by atoms with Crippen molar-refractivity contribution in [3.63, 3.8) is 0 Å². The van der Waals surface area contributed by atoms with E-state index < -0.39 is 28.0 Å². The molecule has 0 saturated heterocycles. The van der Waals surface area contributed by atoms with E-state index in [1.807, 2.05) is 0 Å². The second-order valence-corrected chi connectivity index (χ2v) is 6.96. The first-order valence-corrected chi connectivity index (χ1v) is 9.49. The zero-order chi connectivity index (χ0) is 20.0. The molecule has 0 saturated carbocycles. The molecule has 2 rings (SSSR count). The van der Waals surface area contributed by atoms with Crippen molar-refractivity contribution in [2.45, 2.75) is 24.8 Å². The van der Waals surface area contributed by atoms with Gasteiger partial charge < -0.3 is 14.8 Å². The summed E-state index contributed by atoms with van der Waals surface area (Å²) in [5, 5.41) is 7.53. The molecule has 0 radical (unpaired) electrons. The zero-order valence-electron chi connectivity index (χ0n) is 14.7. The minimum absolute atomic E-state index is 0.0833. The average molecular weight is 393 g/mol. The molecule has 1 aromatic carbocycles. The van der Waals surface area contributed by atoms with Crippen LogP contribution in [-0.4, -0.2) is 38.0 Å². The van der Waals surface area contributed by atoms with Crippen molar-refractivity contribution < 1.29 is 27.5 Å². The van der Waals surface area contributed by atoms with Crippen LogP contribution in [0, 0.1) is 0 Å². The fourth-order valence-electron chi connectivity index (χ4n) is 2.05. The molecule has 1 unspecified atom stereocenters. The summed E-state index contributed by atoms with van der Waals surface area (Å²) in [5.74, 6) is -1.22. The SMILES string of the molecule is CCOc1ncccc1C(=O)OC(C)C(=O)Nc1ccc(S(N)(=O)=O)cc1. The van der Waals surface area contributed by atoms with Gasteiger partial charge in [-0.2, -0.15) is 0 Å². The summed E-state index contributed by atoms with van der Waals surface area (Å²) in [6, 6.07) is 8.30. The fourth-order valence-corrected chi connectivity index (χ4v) is 2.56. The van der Waals surface area contributed by atoms with E-state index in [2.05, 4.69) is 10.3 Å². The first-order chi connectivity index (χ1) is 12.7. The highest BCUT2D eigenvalue weighted by atomic mass is 32.2. The molecule has 10 heteroatoms. The molecule has 27 heavy (non-hydrogen) atoms. The number of amides is 1. The maximum atomic E-state index is 12.3. The van der Waals surface area contributed by atoms with Gasteiger partial charge in [0, 0.05) is 11.9 Å². The molecule has 0 aliphatic carbocycles. The summed E-state index contributed by atoms with van der Waals surface area (Å²) < 4.78 is 32.9. The third kappa shape index (κ3) is 5.50. The monoisotopic (exact) mass is 393 g/mol. The Kier molecular flexibility index (Phi) is 6.48. The van der Waals surface area contributed by atoms with Crippen LogP contribution >= 0.6 is 0 Å². The number of nitrogens with two attached hydrogens (primary N) is 1. The van der Waals surface area contributed by atoms with Crippen LogP contribution in [0.1, 0.15) is 24.2 Å². The number of hydrogen-bond donors (Lipinski definition) is 2. The number of primary sulfonamides is 1. The zero-order valence-corrected chi connectivity index (χ0v) is 15.5. The number of nitrogens with zero attached hydrogens (tertiary/aromatic N) is 1. The summed E-state index contributed by atoms with van der Waals surface area (Å²) in [4.78, 5) is 28.3. The van der Waals surface area contributed by atoms with Crippen LogP contribution < -0.4 is 15.2 Å². The highest BCUT2D eigenvalue weighted by Crippen LogP contribution is 2.17. The molecule has 0 fully saturated rings. The lowest BCUT2D eigenvalue weighted by Crippen LogP contribution is -2.30. The van der Waals surface area contributed by atoms with Gasteiger partial charge in [-0.25, -0.2) is 23.3 Å². The smallest absolute Gasteiger partial charge is 0.344 e. The highest BCUT2D eigenvalue weighted by molar-refractivity contribution is 7.89. The molecule has 1 amide bonds. The van der Waals surface area contributed by atoms with Crippen molar-refractivity contribution in [2.75, 3.05) is 11.9 Å². The number of anilines is 1. The van der Waals surface area contributed by atoms with Gasteiger partial charge in [-0.05, 0) is 50.2 Å². The number of benzene rings is 1. The van der Waals surface area contributed by atoms with Crippen LogP contribution in [0.5, 0.6) is 5.88 Å². The van der Waals surface area contributed by atoms with Gasteiger partial charge in [-0.3, -0.25) is 4.79 Å². The van der Waals surface area contributed by atoms with Crippen molar-refractivity contribution >= 4 is 27.6 Å². The minimum atomic E-state index is -3.82. The van der Waals surface area contributed by atoms with Gasteiger partial charge in [0.05, 0.1) is 11.5 Å². The van der Waals surface area contributed by atoms with Gasteiger partial charge in [0.15, 0.2) is 6.10 Å². The van der Waals surface area contributed by atoms with Crippen LogP contribution in [0.4, 0.5) is 5.69 Å². The van der Waals surface area contributed by atoms with E-state index in [-0.39, 0.29) is 16.3 Å². The second kappa shape index (κ2) is 8.60. The van der Waals surface area contributed by atoms with E-state index in [4.69, 9.17) is 14.6 Å². The van der Waals surface area contributed by atoms with Crippen LogP contribution in [0.2, 0.25) is 0 Å². The van der Waals surface area contributed by atoms with Crippen molar-refractivity contribution in [1.29, 1.82) is 0 Å². The summed E-state index contributed by atoms with van der Waals surface area (Å²) >= 11 is 0. The Bertz CT molecular complexity index is 928. The Morgan fingerprint density at radius 1 is 1.22 bits per heavy atom.